The van der Waals surface area contributed by atoms with E-state index >= 15 is 0 Å². The Morgan fingerprint density at radius 2 is 1.35 bits per heavy atom. The molecule has 0 bridgehead atoms. The molecule has 0 saturated heterocycles. The number of benzene rings is 8. The Hall–Kier alpha value is -7.16. The molecule has 11 rings (SSSR count). The second-order valence-corrected chi connectivity index (χ2v) is 17.9. The van der Waals surface area contributed by atoms with E-state index in [1.165, 1.54) is 49.5 Å². The molecule has 1 radical (unpaired) electrons. The first-order chi connectivity index (χ1) is 31.6. The Morgan fingerprint density at radius 1 is 0.636 bits per heavy atom. The van der Waals surface area contributed by atoms with Crippen molar-refractivity contribution in [2.75, 3.05) is 0 Å². The van der Waals surface area contributed by atoms with Crippen LogP contribution >= 0.6 is 0 Å². The average molecular weight is 1030 g/mol. The van der Waals surface area contributed by atoms with Crippen molar-refractivity contribution < 1.29 is 24.5 Å². The maximum absolute atomic E-state index is 9.05. The van der Waals surface area contributed by atoms with Gasteiger partial charge in [-0.1, -0.05) is 130 Å². The van der Waals surface area contributed by atoms with Crippen LogP contribution in [-0.2, 0) is 25.5 Å². The number of hydrogen-bond acceptors (Lipinski definition) is 4. The zero-order valence-corrected chi connectivity index (χ0v) is 40.2. The summed E-state index contributed by atoms with van der Waals surface area (Å²) in [5, 5.41) is 16.1. The molecule has 0 aliphatic rings. The molecule has 0 N–H and O–H groups in total. The van der Waals surface area contributed by atoms with Crippen molar-refractivity contribution in [3.05, 3.63) is 199 Å². The van der Waals surface area contributed by atoms with Gasteiger partial charge in [0.1, 0.15) is 5.58 Å². The number of fused-ring (bicyclic) bond motifs is 7. The summed E-state index contributed by atoms with van der Waals surface area (Å²) in [5.41, 5.74) is 13.1. The molecule has 3 aromatic heterocycles. The fraction of sp³-hybridized carbons (Fsp3) is 0.150. The first-order valence-electron chi connectivity index (χ1n) is 22.3. The van der Waals surface area contributed by atoms with E-state index in [1.807, 2.05) is 56.3 Å². The first-order valence-corrected chi connectivity index (χ1v) is 22.3. The summed E-state index contributed by atoms with van der Waals surface area (Å²) in [6, 6.07) is 66.1. The van der Waals surface area contributed by atoms with Crippen LogP contribution in [0, 0.1) is 23.5 Å². The Bertz CT molecular complexity index is 3550. The number of imidazole rings is 1. The van der Waals surface area contributed by atoms with Gasteiger partial charge in [0.05, 0.1) is 33.9 Å². The van der Waals surface area contributed by atoms with Crippen molar-refractivity contribution in [3.63, 3.8) is 0 Å². The minimum atomic E-state index is -0.494. The molecule has 325 valence electrons. The van der Waals surface area contributed by atoms with Gasteiger partial charge >= 0.3 is 0 Å². The molecule has 0 fully saturated rings. The van der Waals surface area contributed by atoms with Crippen molar-refractivity contribution >= 4 is 54.5 Å². The predicted octanol–water partition coefficient (Wildman–Crippen LogP) is 16.0. The Balaban J connectivity index is 0.000000257. The normalized spacial score (nSPS) is 11.6. The molecule has 0 saturated carbocycles. The van der Waals surface area contributed by atoms with Crippen LogP contribution in [0.15, 0.2) is 174 Å². The molecule has 6 heteroatoms. The van der Waals surface area contributed by atoms with Crippen LogP contribution in [0.5, 0.6) is 0 Å². The van der Waals surface area contributed by atoms with Crippen LogP contribution in [0.25, 0.3) is 94.0 Å². The molecule has 11 aromatic rings. The SMILES string of the molecule is CC(C)(C#N)c1ccc(-c2[c-]cccc2)nc1.CC(C)c1cc(-c2ccccc2)cc(C(C)C)c1-n1c(-c2[c-]ccc3c2oc2cc4c(ccc5ccccc54)cc23)nc2ccccc21.[Ir]. The number of pyridine rings is 1. The summed E-state index contributed by atoms with van der Waals surface area (Å²) < 4.78 is 9.20. The van der Waals surface area contributed by atoms with Crippen LogP contribution in [0.2, 0.25) is 0 Å². The van der Waals surface area contributed by atoms with Crippen molar-refractivity contribution in [3.8, 4) is 45.5 Å². The third-order valence-corrected chi connectivity index (χ3v) is 12.6. The van der Waals surface area contributed by atoms with Gasteiger partial charge in [0, 0.05) is 37.4 Å². The van der Waals surface area contributed by atoms with Gasteiger partial charge in [0.25, 0.3) is 0 Å². The summed E-state index contributed by atoms with van der Waals surface area (Å²) in [6.07, 6.45) is 1.76. The molecule has 0 aliphatic heterocycles. The van der Waals surface area contributed by atoms with Crippen LogP contribution in [0.1, 0.15) is 70.1 Å². The summed E-state index contributed by atoms with van der Waals surface area (Å²) >= 11 is 0. The van der Waals surface area contributed by atoms with Gasteiger partial charge in [-0.2, -0.15) is 5.26 Å². The summed E-state index contributed by atoms with van der Waals surface area (Å²) in [4.78, 5) is 9.71. The van der Waals surface area contributed by atoms with Gasteiger partial charge in [-0.05, 0) is 117 Å². The number of aromatic nitrogens is 3. The minimum absolute atomic E-state index is 0. The molecule has 5 nitrogen and oxygen atoms in total. The number of nitriles is 1. The number of rotatable bonds is 7. The fourth-order valence-electron chi connectivity index (χ4n) is 8.98. The molecule has 0 unspecified atom stereocenters. The van der Waals surface area contributed by atoms with E-state index in [4.69, 9.17) is 14.7 Å². The third-order valence-electron chi connectivity index (χ3n) is 12.6. The van der Waals surface area contributed by atoms with Gasteiger partial charge in [-0.3, -0.25) is 4.98 Å². The summed E-state index contributed by atoms with van der Waals surface area (Å²) in [5.74, 6) is 1.40. The number of furan rings is 1. The van der Waals surface area contributed by atoms with Crippen LogP contribution in [0.3, 0.4) is 0 Å². The molecular formula is C60H48IrN4O-2. The quantitative estimate of drug-likeness (QED) is 0.118. The minimum Gasteiger partial charge on any atom is -0.501 e. The van der Waals surface area contributed by atoms with Gasteiger partial charge < -0.3 is 14.0 Å². The molecule has 0 aliphatic carbocycles. The van der Waals surface area contributed by atoms with E-state index in [2.05, 4.69) is 177 Å². The van der Waals surface area contributed by atoms with E-state index in [1.54, 1.807) is 6.20 Å². The van der Waals surface area contributed by atoms with E-state index in [0.717, 1.165) is 61.2 Å². The van der Waals surface area contributed by atoms with E-state index in [-0.39, 0.29) is 31.9 Å². The number of para-hydroxylation sites is 2. The Morgan fingerprint density at radius 3 is 2.06 bits per heavy atom. The van der Waals surface area contributed by atoms with E-state index in [0.29, 0.717) is 0 Å². The van der Waals surface area contributed by atoms with Gasteiger partial charge in [0.2, 0.25) is 0 Å². The Kier molecular flexibility index (Phi) is 12.0. The topological polar surface area (TPSA) is 67.6 Å². The number of hydrogen-bond donors (Lipinski definition) is 0. The van der Waals surface area contributed by atoms with Crippen molar-refractivity contribution in [1.82, 2.24) is 14.5 Å². The molecule has 3 heterocycles. The molecule has 0 atom stereocenters. The van der Waals surface area contributed by atoms with Crippen molar-refractivity contribution in [2.45, 2.75) is 58.8 Å². The number of nitrogens with zero attached hydrogens (tertiary/aromatic N) is 4. The predicted molar refractivity (Wildman–Crippen MR) is 268 cm³/mol. The molecule has 0 amide bonds. The summed E-state index contributed by atoms with van der Waals surface area (Å²) in [6.45, 7) is 12.9. The third kappa shape index (κ3) is 8.00. The molecular weight excluding hydrogens is 985 g/mol. The van der Waals surface area contributed by atoms with E-state index < -0.39 is 5.41 Å². The van der Waals surface area contributed by atoms with Gasteiger partial charge in [0.15, 0.2) is 0 Å². The largest absolute Gasteiger partial charge is 0.501 e. The van der Waals surface area contributed by atoms with Crippen LogP contribution in [0.4, 0.5) is 0 Å². The maximum Gasteiger partial charge on any atom is 0.121 e. The summed E-state index contributed by atoms with van der Waals surface area (Å²) in [7, 11) is 0. The first kappa shape index (κ1) is 44.1. The molecule has 0 spiro atoms. The second kappa shape index (κ2) is 18.0. The zero-order chi connectivity index (χ0) is 44.8. The Labute approximate surface area is 399 Å². The van der Waals surface area contributed by atoms with Gasteiger partial charge in [-0.15, -0.1) is 54.1 Å². The maximum atomic E-state index is 9.05. The van der Waals surface area contributed by atoms with Gasteiger partial charge in [-0.25, -0.2) is 0 Å². The molecule has 8 aromatic carbocycles. The van der Waals surface area contributed by atoms with Crippen LogP contribution in [-0.4, -0.2) is 14.5 Å². The second-order valence-electron chi connectivity index (χ2n) is 17.9. The zero-order valence-electron chi connectivity index (χ0n) is 37.9. The monoisotopic (exact) mass is 1030 g/mol. The fourth-order valence-corrected chi connectivity index (χ4v) is 8.98. The standard InChI is InChI=1S/C45H35N2O.C15H13N2.Ir/c1-27(2)36-24-32(29-13-6-5-7-14-29)25-37(28(3)4)43(36)47-41-20-11-10-19-40(41)46-45(47)35-18-12-17-34-39-23-31-22-21-30-15-8-9-16-33(30)38(31)26-42(39)48-44(34)35;1-15(2,11-16)13-8-9-14(17-10-13)12-6-4-3-5-7-12;/h5-17,19-28H,1-4H3;3-6,8-10H,1-2H3;/q2*-1;. The molecule has 66 heavy (non-hydrogen) atoms. The van der Waals surface area contributed by atoms with E-state index in [9.17, 15) is 0 Å². The van der Waals surface area contributed by atoms with Crippen LogP contribution < -0.4 is 0 Å². The van der Waals surface area contributed by atoms with Crippen molar-refractivity contribution in [2.24, 2.45) is 0 Å². The smallest absolute Gasteiger partial charge is 0.121 e. The average Bonchev–Trinajstić information content (AvgIpc) is 3.92. The van der Waals surface area contributed by atoms with Crippen molar-refractivity contribution in [1.29, 1.82) is 5.26 Å².